The van der Waals surface area contributed by atoms with E-state index in [1.165, 1.54) is 5.69 Å². The van der Waals surface area contributed by atoms with Crippen molar-refractivity contribution in [2.75, 3.05) is 24.5 Å². The van der Waals surface area contributed by atoms with Gasteiger partial charge in [0, 0.05) is 73.4 Å². The fourth-order valence-corrected chi connectivity index (χ4v) is 9.97. The molecule has 2 aromatic carbocycles. The molecular formula is C47H48N10O4S. The van der Waals surface area contributed by atoms with Crippen molar-refractivity contribution in [2.24, 2.45) is 5.92 Å². The molecule has 62 heavy (non-hydrogen) atoms. The quantitative estimate of drug-likeness (QED) is 0.122. The maximum Gasteiger partial charge on any atom is 0.243 e. The van der Waals surface area contributed by atoms with Crippen LogP contribution in [0.5, 0.6) is 5.75 Å². The standard InChI is InChI=1S/C47H48N10O4S/c1-27(2)43(46(60)56-17-6-8-38(56)45(59)48-22-29-10-12-30(13-11-29)44-28(3)51-26-62-44)42-21-35(54-61-42)32-23-49-47(50-24-32)55-18-16-31(25-55)39-20-37-40(57(39)33-14-15-33)19-36(52-53-37)34-7-4-5-9-41(34)58/h4-5,7,9-13,19-21,23-24,26-27,31,33,38,43,58H,6,8,14-18,22,25H2,1-3H3,(H,48,59). The van der Waals surface area contributed by atoms with Gasteiger partial charge in [-0.1, -0.05) is 55.4 Å². The summed E-state index contributed by atoms with van der Waals surface area (Å²) in [5.41, 5.74) is 10.7. The molecule has 0 bridgehead atoms. The summed E-state index contributed by atoms with van der Waals surface area (Å²) >= 11 is 1.61. The number of phenolic OH excluding ortho intramolecular Hbond substituents is 1. The van der Waals surface area contributed by atoms with Crippen LogP contribution in [-0.2, 0) is 16.1 Å². The first-order valence-electron chi connectivity index (χ1n) is 21.5. The van der Waals surface area contributed by atoms with Crippen LogP contribution in [0.25, 0.3) is 44.0 Å². The number of carbonyl (C=O) groups excluding carboxylic acids is 2. The van der Waals surface area contributed by atoms with Crippen LogP contribution in [0.2, 0.25) is 0 Å². The van der Waals surface area contributed by atoms with E-state index in [-0.39, 0.29) is 29.4 Å². The molecule has 0 spiro atoms. The van der Waals surface area contributed by atoms with Gasteiger partial charge in [-0.3, -0.25) is 9.59 Å². The van der Waals surface area contributed by atoms with Gasteiger partial charge in [-0.15, -0.1) is 21.5 Å². The Morgan fingerprint density at radius 1 is 0.919 bits per heavy atom. The topological polar surface area (TPSA) is 168 Å². The number of aromatic hydroxyl groups is 1. The van der Waals surface area contributed by atoms with Crippen molar-refractivity contribution < 1.29 is 19.2 Å². The highest BCUT2D eigenvalue weighted by atomic mass is 32.1. The van der Waals surface area contributed by atoms with Gasteiger partial charge < -0.3 is 29.3 Å². The Labute approximate surface area is 363 Å². The highest BCUT2D eigenvalue weighted by Crippen LogP contribution is 2.44. The number of para-hydroxylation sites is 1. The maximum atomic E-state index is 14.2. The number of thiazole rings is 1. The minimum atomic E-state index is -0.608. The van der Waals surface area contributed by atoms with Crippen molar-refractivity contribution in [1.29, 1.82) is 0 Å². The summed E-state index contributed by atoms with van der Waals surface area (Å²) in [6.07, 6.45) is 8.08. The molecule has 3 fully saturated rings. The van der Waals surface area contributed by atoms with Crippen LogP contribution in [-0.4, -0.2) is 82.4 Å². The number of anilines is 1. The van der Waals surface area contributed by atoms with E-state index in [2.05, 4.69) is 59.4 Å². The molecule has 14 nitrogen and oxygen atoms in total. The second-order valence-electron chi connectivity index (χ2n) is 17.1. The number of hydrogen-bond acceptors (Lipinski definition) is 12. The second-order valence-corrected chi connectivity index (χ2v) is 18.0. The zero-order chi connectivity index (χ0) is 42.5. The van der Waals surface area contributed by atoms with Gasteiger partial charge in [0.2, 0.25) is 17.8 Å². The number of nitrogens with zero attached hydrogens (tertiary/aromatic N) is 9. The average molecular weight is 849 g/mol. The first kappa shape index (κ1) is 39.6. The van der Waals surface area contributed by atoms with Gasteiger partial charge in [0.1, 0.15) is 34.7 Å². The summed E-state index contributed by atoms with van der Waals surface area (Å²) in [4.78, 5) is 46.7. The number of hydrogen-bond donors (Lipinski definition) is 2. The molecule has 10 rings (SSSR count). The molecule has 7 heterocycles. The Morgan fingerprint density at radius 2 is 1.73 bits per heavy atom. The summed E-state index contributed by atoms with van der Waals surface area (Å²) < 4.78 is 8.31. The summed E-state index contributed by atoms with van der Waals surface area (Å²) in [6.45, 7) is 8.44. The van der Waals surface area contributed by atoms with Crippen molar-refractivity contribution in [3.63, 3.8) is 0 Å². The molecule has 0 radical (unpaired) electrons. The molecule has 3 atom stereocenters. The Morgan fingerprint density at radius 3 is 2.47 bits per heavy atom. The molecule has 1 aliphatic carbocycles. The zero-order valence-electron chi connectivity index (χ0n) is 34.9. The summed E-state index contributed by atoms with van der Waals surface area (Å²) in [5.74, 6) is 0.562. The number of aromatic nitrogens is 7. The molecule has 7 aromatic rings. The molecule has 2 amide bonds. The van der Waals surface area contributed by atoms with E-state index in [0.29, 0.717) is 59.8 Å². The fraction of sp³-hybridized carbons (Fsp3) is 0.362. The predicted molar refractivity (Wildman–Crippen MR) is 236 cm³/mol. The van der Waals surface area contributed by atoms with E-state index in [1.54, 1.807) is 46.8 Å². The molecule has 1 saturated carbocycles. The van der Waals surface area contributed by atoms with Crippen molar-refractivity contribution in [2.45, 2.75) is 83.3 Å². The largest absolute Gasteiger partial charge is 0.507 e. The Hall–Kier alpha value is -6.48. The number of nitrogens with one attached hydrogen (secondary N) is 1. The van der Waals surface area contributed by atoms with E-state index in [4.69, 9.17) is 14.5 Å². The van der Waals surface area contributed by atoms with E-state index in [0.717, 1.165) is 71.5 Å². The van der Waals surface area contributed by atoms with Crippen LogP contribution >= 0.6 is 11.3 Å². The highest BCUT2D eigenvalue weighted by molar-refractivity contribution is 7.13. The molecule has 3 unspecified atom stereocenters. The molecular weight excluding hydrogens is 801 g/mol. The average Bonchev–Trinajstić information content (AvgIpc) is 3.85. The van der Waals surface area contributed by atoms with E-state index in [9.17, 15) is 14.7 Å². The summed E-state index contributed by atoms with van der Waals surface area (Å²) in [6, 6.07) is 21.3. The maximum absolute atomic E-state index is 14.2. The first-order chi connectivity index (χ1) is 30.2. The third kappa shape index (κ3) is 7.58. The number of aryl methyl sites for hydroxylation is 1. The minimum absolute atomic E-state index is 0.0972. The van der Waals surface area contributed by atoms with Crippen molar-refractivity contribution >= 4 is 40.1 Å². The molecule has 5 aromatic heterocycles. The fourth-order valence-electron chi connectivity index (χ4n) is 9.16. The van der Waals surface area contributed by atoms with Gasteiger partial charge in [-0.05, 0) is 80.3 Å². The molecule has 2 aliphatic heterocycles. The van der Waals surface area contributed by atoms with Crippen LogP contribution in [0.15, 0.2) is 89.2 Å². The Balaban J connectivity index is 0.793. The lowest BCUT2D eigenvalue weighted by molar-refractivity contribution is -0.140. The monoisotopic (exact) mass is 848 g/mol. The lowest BCUT2D eigenvalue weighted by atomic mass is 9.91. The number of amides is 2. The number of fused-ring (bicyclic) bond motifs is 1. The summed E-state index contributed by atoms with van der Waals surface area (Å²) in [7, 11) is 0. The first-order valence-corrected chi connectivity index (χ1v) is 22.4. The highest BCUT2D eigenvalue weighted by Gasteiger charge is 2.40. The number of rotatable bonds is 12. The second kappa shape index (κ2) is 16.4. The zero-order valence-corrected chi connectivity index (χ0v) is 35.8. The van der Waals surface area contributed by atoms with Gasteiger partial charge in [0.05, 0.1) is 27.3 Å². The molecule has 15 heteroatoms. The van der Waals surface area contributed by atoms with E-state index >= 15 is 0 Å². The minimum Gasteiger partial charge on any atom is -0.507 e. The molecule has 2 saturated heterocycles. The number of carbonyl (C=O) groups is 2. The molecule has 2 N–H and O–H groups in total. The number of likely N-dealkylation sites (tertiary alicyclic amines) is 1. The smallest absolute Gasteiger partial charge is 0.243 e. The normalized spacial score (nSPS) is 18.3. The van der Waals surface area contributed by atoms with Gasteiger partial charge in [0.15, 0.2) is 0 Å². The SMILES string of the molecule is Cc1ncsc1-c1ccc(CNC(=O)C2CCCN2C(=O)C(c2cc(-c3cnc(N4CCC(c5cc6nnc(-c7ccccc7O)cc6n5C5CC5)C4)nc3)no2)C(C)C)cc1. The predicted octanol–water partition coefficient (Wildman–Crippen LogP) is 8.06. The van der Waals surface area contributed by atoms with Crippen LogP contribution in [0.3, 0.4) is 0 Å². The van der Waals surface area contributed by atoms with Crippen molar-refractivity contribution in [1.82, 2.24) is 45.1 Å². The van der Waals surface area contributed by atoms with Crippen LogP contribution < -0.4 is 10.2 Å². The van der Waals surface area contributed by atoms with E-state index < -0.39 is 12.0 Å². The Kier molecular flexibility index (Phi) is 10.5. The van der Waals surface area contributed by atoms with Gasteiger partial charge in [-0.25, -0.2) is 15.0 Å². The lowest BCUT2D eigenvalue weighted by Gasteiger charge is -2.29. The van der Waals surface area contributed by atoms with Gasteiger partial charge in [0.25, 0.3) is 0 Å². The summed E-state index contributed by atoms with van der Waals surface area (Å²) in [5, 5.41) is 27.0. The molecule has 316 valence electrons. The third-order valence-electron chi connectivity index (χ3n) is 12.6. The van der Waals surface area contributed by atoms with Crippen LogP contribution in [0.4, 0.5) is 5.95 Å². The van der Waals surface area contributed by atoms with Gasteiger partial charge in [-0.2, -0.15) is 0 Å². The van der Waals surface area contributed by atoms with Crippen molar-refractivity contribution in [3.05, 3.63) is 107 Å². The van der Waals surface area contributed by atoms with E-state index in [1.807, 2.05) is 50.5 Å². The van der Waals surface area contributed by atoms with Gasteiger partial charge >= 0.3 is 0 Å². The Bertz CT molecular complexity index is 2760. The number of benzene rings is 2. The van der Waals surface area contributed by atoms with Crippen molar-refractivity contribution in [3.8, 4) is 38.7 Å². The van der Waals surface area contributed by atoms with Crippen LogP contribution in [0.1, 0.15) is 86.5 Å². The third-order valence-corrected chi connectivity index (χ3v) is 13.6. The number of phenols is 1. The molecule has 3 aliphatic rings. The van der Waals surface area contributed by atoms with Crippen LogP contribution in [0, 0.1) is 12.8 Å². The lowest BCUT2D eigenvalue weighted by Crippen LogP contribution is -2.47.